The van der Waals surface area contributed by atoms with Crippen LogP contribution in [0.1, 0.15) is 5.56 Å². The number of aryl methyl sites for hydroxylation is 1. The standard InChI is InChI=1S/C7H6INS/c1-5-2-3-6-7(4-5)10-8-9-6/h2-4H,1H3. The fraction of sp³-hybridized carbons (Fsp3) is 0.143. The highest BCUT2D eigenvalue weighted by Crippen LogP contribution is 2.47. The molecule has 10 heavy (non-hydrogen) atoms. The Kier molecular flexibility index (Phi) is 1.78. The van der Waals surface area contributed by atoms with Crippen molar-refractivity contribution < 1.29 is 0 Å². The molecule has 0 N–H and O–H groups in total. The predicted molar refractivity (Wildman–Crippen MR) is 53.1 cm³/mol. The Morgan fingerprint density at radius 1 is 1.50 bits per heavy atom. The third kappa shape index (κ3) is 1.12. The molecule has 1 nitrogen and oxygen atoms in total. The van der Waals surface area contributed by atoms with Crippen molar-refractivity contribution in [3.8, 4) is 0 Å². The molecule has 1 aliphatic heterocycles. The topological polar surface area (TPSA) is 12.4 Å². The minimum atomic E-state index is 0.0414. The summed E-state index contributed by atoms with van der Waals surface area (Å²) in [6.45, 7) is 2.12. The van der Waals surface area contributed by atoms with Gasteiger partial charge in [0.1, 0.15) is 0 Å². The van der Waals surface area contributed by atoms with Crippen LogP contribution in [-0.4, -0.2) is 0 Å². The lowest BCUT2D eigenvalue weighted by Gasteiger charge is -1.94. The van der Waals surface area contributed by atoms with Crippen LogP contribution in [0.25, 0.3) is 0 Å². The van der Waals surface area contributed by atoms with Gasteiger partial charge in [0.2, 0.25) is 0 Å². The van der Waals surface area contributed by atoms with E-state index in [9.17, 15) is 0 Å². The van der Waals surface area contributed by atoms with Crippen molar-refractivity contribution in [1.82, 2.24) is 0 Å². The second-order valence-corrected chi connectivity index (χ2v) is 5.92. The van der Waals surface area contributed by atoms with Gasteiger partial charge < -0.3 is 0 Å². The Morgan fingerprint density at radius 3 is 3.30 bits per heavy atom. The lowest BCUT2D eigenvalue weighted by atomic mass is 10.2. The lowest BCUT2D eigenvalue weighted by Crippen LogP contribution is -1.70. The molecule has 0 atom stereocenters. The summed E-state index contributed by atoms with van der Waals surface area (Å²) in [4.78, 5) is 1.38. The van der Waals surface area contributed by atoms with Crippen LogP contribution in [-0.2, 0) is 0 Å². The summed E-state index contributed by atoms with van der Waals surface area (Å²) in [6.07, 6.45) is 0. The largest absolute Gasteiger partial charge is 0.214 e. The zero-order valence-electron chi connectivity index (χ0n) is 5.47. The van der Waals surface area contributed by atoms with E-state index in [0.717, 1.165) is 0 Å². The van der Waals surface area contributed by atoms with Gasteiger partial charge in [-0.15, -0.1) is 0 Å². The second kappa shape index (κ2) is 2.62. The normalized spacial score (nSPS) is 14.5. The van der Waals surface area contributed by atoms with Gasteiger partial charge in [0, 0.05) is 4.90 Å². The number of benzene rings is 1. The summed E-state index contributed by atoms with van der Waals surface area (Å²) in [5.41, 5.74) is 2.55. The van der Waals surface area contributed by atoms with E-state index < -0.39 is 0 Å². The fourth-order valence-electron chi connectivity index (χ4n) is 0.845. The maximum Gasteiger partial charge on any atom is 0.0841 e. The molecule has 1 aromatic carbocycles. The SMILES string of the molecule is Cc1ccc2c(c1)SI=N2. The second-order valence-electron chi connectivity index (χ2n) is 2.20. The van der Waals surface area contributed by atoms with Gasteiger partial charge in [-0.1, -0.05) is 6.07 Å². The van der Waals surface area contributed by atoms with Crippen LogP contribution in [0.3, 0.4) is 0 Å². The first-order valence-corrected chi connectivity index (χ1v) is 7.31. The van der Waals surface area contributed by atoms with E-state index >= 15 is 0 Å². The van der Waals surface area contributed by atoms with Crippen molar-refractivity contribution in [2.75, 3.05) is 0 Å². The Morgan fingerprint density at radius 2 is 2.40 bits per heavy atom. The third-order valence-corrected chi connectivity index (χ3v) is 5.11. The smallest absolute Gasteiger partial charge is 0.0841 e. The van der Waals surface area contributed by atoms with E-state index in [1.165, 1.54) is 16.1 Å². The van der Waals surface area contributed by atoms with E-state index in [2.05, 4.69) is 28.3 Å². The van der Waals surface area contributed by atoms with Gasteiger partial charge in [-0.2, -0.15) is 0 Å². The minimum Gasteiger partial charge on any atom is -0.214 e. The Bertz CT molecular complexity index is 296. The van der Waals surface area contributed by atoms with Crippen LogP contribution >= 0.6 is 28.6 Å². The zero-order valence-corrected chi connectivity index (χ0v) is 8.44. The number of hydrogen-bond donors (Lipinski definition) is 0. The monoisotopic (exact) mass is 263 g/mol. The average molecular weight is 263 g/mol. The summed E-state index contributed by atoms with van der Waals surface area (Å²) >= 11 is 0.0414. The number of nitrogens with zero attached hydrogens (tertiary/aromatic N) is 1. The fourth-order valence-corrected chi connectivity index (χ4v) is 4.66. The first-order valence-electron chi connectivity index (χ1n) is 2.99. The average Bonchev–Trinajstić information content (AvgIpc) is 2.33. The molecule has 0 aromatic heterocycles. The Balaban J connectivity index is 2.59. The number of fused-ring (bicyclic) bond motifs is 1. The summed E-state index contributed by atoms with van der Waals surface area (Å²) < 4.78 is 4.41. The molecule has 0 amide bonds. The van der Waals surface area contributed by atoms with Crippen LogP contribution in [0.2, 0.25) is 0 Å². The highest BCUT2D eigenvalue weighted by Gasteiger charge is 2.06. The van der Waals surface area contributed by atoms with Crippen LogP contribution in [0.4, 0.5) is 5.69 Å². The molecule has 3 heteroatoms. The third-order valence-electron chi connectivity index (χ3n) is 1.36. The van der Waals surface area contributed by atoms with Crippen LogP contribution in [0.15, 0.2) is 26.2 Å². The van der Waals surface area contributed by atoms with Crippen LogP contribution in [0, 0.1) is 6.92 Å². The van der Waals surface area contributed by atoms with E-state index in [-0.39, 0.29) is 19.6 Å². The number of rotatable bonds is 0. The molecule has 0 aliphatic carbocycles. The summed E-state index contributed by atoms with van der Waals surface area (Å²) in [5.74, 6) is 0. The molecule has 1 heterocycles. The molecule has 1 aliphatic rings. The van der Waals surface area contributed by atoms with E-state index in [0.29, 0.717) is 0 Å². The number of halogens is 1. The maximum atomic E-state index is 4.41. The molecule has 0 spiro atoms. The molecule has 1 aromatic rings. The molecule has 0 fully saturated rings. The van der Waals surface area contributed by atoms with E-state index in [4.69, 9.17) is 0 Å². The van der Waals surface area contributed by atoms with Gasteiger partial charge in [-0.05, 0) is 33.6 Å². The highest BCUT2D eigenvalue weighted by atomic mass is 127. The molecule has 0 saturated carbocycles. The van der Waals surface area contributed by atoms with Crippen LogP contribution in [0.5, 0.6) is 0 Å². The molecule has 0 unspecified atom stereocenters. The first-order chi connectivity index (χ1) is 4.86. The first kappa shape index (κ1) is 6.79. The predicted octanol–water partition coefficient (Wildman–Crippen LogP) is 3.80. The molecular weight excluding hydrogens is 257 g/mol. The summed E-state index contributed by atoms with van der Waals surface area (Å²) in [5, 5.41) is 0. The molecule has 2 rings (SSSR count). The van der Waals surface area contributed by atoms with Crippen molar-refractivity contribution in [1.29, 1.82) is 0 Å². The maximum absolute atomic E-state index is 4.41. The van der Waals surface area contributed by atoms with Gasteiger partial charge in [-0.3, -0.25) is 0 Å². The molecule has 52 valence electrons. The highest BCUT2D eigenvalue weighted by molar-refractivity contribution is 14.2. The van der Waals surface area contributed by atoms with Crippen molar-refractivity contribution >= 4 is 34.3 Å². The van der Waals surface area contributed by atoms with Gasteiger partial charge in [-0.25, -0.2) is 3.15 Å². The van der Waals surface area contributed by atoms with Crippen molar-refractivity contribution in [3.05, 3.63) is 23.8 Å². The molecule has 0 saturated heterocycles. The van der Waals surface area contributed by atoms with Gasteiger partial charge in [0.05, 0.1) is 25.3 Å². The van der Waals surface area contributed by atoms with Crippen molar-refractivity contribution in [3.63, 3.8) is 0 Å². The summed E-state index contributed by atoms with van der Waals surface area (Å²) in [7, 11) is 1.93. The molecular formula is C7H6INS. The van der Waals surface area contributed by atoms with Gasteiger partial charge in [0.25, 0.3) is 0 Å². The van der Waals surface area contributed by atoms with E-state index in [1.807, 2.05) is 8.93 Å². The van der Waals surface area contributed by atoms with Crippen LogP contribution < -0.4 is 0 Å². The quantitative estimate of drug-likeness (QED) is 0.648. The minimum absolute atomic E-state index is 0.0414. The van der Waals surface area contributed by atoms with Gasteiger partial charge >= 0.3 is 0 Å². The number of hydrogen-bond acceptors (Lipinski definition) is 2. The van der Waals surface area contributed by atoms with Crippen molar-refractivity contribution in [2.24, 2.45) is 3.15 Å². The summed E-state index contributed by atoms with van der Waals surface area (Å²) in [6, 6.07) is 6.46. The molecule has 0 radical (unpaired) electrons. The Labute approximate surface area is 72.8 Å². The Hall–Kier alpha value is 0.1000. The molecule has 0 bridgehead atoms. The lowest BCUT2D eigenvalue weighted by molar-refractivity contribution is 1.35. The van der Waals surface area contributed by atoms with Crippen molar-refractivity contribution in [2.45, 2.75) is 11.8 Å². The van der Waals surface area contributed by atoms with E-state index in [1.54, 1.807) is 0 Å². The van der Waals surface area contributed by atoms with Gasteiger partial charge in [0.15, 0.2) is 0 Å². The zero-order chi connectivity index (χ0) is 6.97.